The summed E-state index contributed by atoms with van der Waals surface area (Å²) in [4.78, 5) is 15.3. The molecule has 5 rings (SSSR count). The number of fused-ring (bicyclic) bond motifs is 1. The number of carbonyl (C=O) groups excluding carboxylic acids is 1. The number of carbonyl (C=O) groups is 1. The zero-order chi connectivity index (χ0) is 20.6. The van der Waals surface area contributed by atoms with Crippen LogP contribution in [-0.2, 0) is 15.1 Å². The van der Waals surface area contributed by atoms with E-state index in [-0.39, 0.29) is 11.9 Å². The number of ether oxygens (including phenoxy) is 1. The van der Waals surface area contributed by atoms with Crippen molar-refractivity contribution >= 4 is 5.91 Å². The number of rotatable bonds is 4. The van der Waals surface area contributed by atoms with E-state index in [1.807, 2.05) is 71.6 Å². The molecule has 3 atom stereocenters. The van der Waals surface area contributed by atoms with Crippen molar-refractivity contribution in [2.45, 2.75) is 36.7 Å². The molecule has 0 saturated carbocycles. The molecule has 2 saturated heterocycles. The molecule has 3 aromatic carbocycles. The maximum Gasteiger partial charge on any atom is 0.255 e. The number of nitrogens with zero attached hydrogens (tertiary/aromatic N) is 1. The highest BCUT2D eigenvalue weighted by molar-refractivity contribution is 5.84. The zero-order valence-electron chi connectivity index (χ0n) is 16.7. The highest BCUT2D eigenvalue weighted by atomic mass is 16.5. The first kappa shape index (κ1) is 19.0. The summed E-state index contributed by atoms with van der Waals surface area (Å²) in [5.74, 6) is -0.128. The van der Waals surface area contributed by atoms with E-state index in [4.69, 9.17) is 4.74 Å². The highest BCUT2D eigenvalue weighted by Crippen LogP contribution is 2.48. The Morgan fingerprint density at radius 1 is 0.867 bits per heavy atom. The van der Waals surface area contributed by atoms with Crippen LogP contribution in [0.15, 0.2) is 91.0 Å². The van der Waals surface area contributed by atoms with E-state index in [9.17, 15) is 9.90 Å². The Balaban J connectivity index is 1.68. The molecule has 4 heteroatoms. The number of hydrogen-bond acceptors (Lipinski definition) is 3. The number of aliphatic hydroxyl groups excluding tert-OH is 1. The molecule has 0 spiro atoms. The van der Waals surface area contributed by atoms with Gasteiger partial charge in [0.05, 0.1) is 6.04 Å². The minimum absolute atomic E-state index is 0.103. The van der Waals surface area contributed by atoms with Gasteiger partial charge in [-0.2, -0.15) is 0 Å². The molecule has 0 aliphatic carbocycles. The van der Waals surface area contributed by atoms with Gasteiger partial charge in [0.15, 0.2) is 6.10 Å². The fourth-order valence-electron chi connectivity index (χ4n) is 5.03. The van der Waals surface area contributed by atoms with Gasteiger partial charge in [0, 0.05) is 6.54 Å². The van der Waals surface area contributed by atoms with E-state index < -0.39 is 17.8 Å². The molecule has 0 unspecified atom stereocenters. The lowest BCUT2D eigenvalue weighted by molar-refractivity contribution is -0.204. The topological polar surface area (TPSA) is 49.8 Å². The van der Waals surface area contributed by atoms with Gasteiger partial charge >= 0.3 is 0 Å². The third-order valence-corrected chi connectivity index (χ3v) is 6.39. The summed E-state index contributed by atoms with van der Waals surface area (Å²) in [5.41, 5.74) is 1.87. The number of aliphatic hydroxyl groups is 1. The number of amides is 1. The Hall–Kier alpha value is -2.95. The van der Waals surface area contributed by atoms with Crippen LogP contribution < -0.4 is 0 Å². The van der Waals surface area contributed by atoms with E-state index in [1.54, 1.807) is 0 Å². The standard InChI is InChI=1S/C26H25NO3/c28-23(19-11-4-1-5-12-19)24-25(29)27-18-10-17-22(27)26(30-24,20-13-6-2-7-14-20)21-15-8-3-9-16-21/h1-9,11-16,22-24,28H,10,17-18H2/t22-,23+,24-/m0/s1. The predicted octanol–water partition coefficient (Wildman–Crippen LogP) is 4.05. The summed E-state index contributed by atoms with van der Waals surface area (Å²) >= 11 is 0. The van der Waals surface area contributed by atoms with Crippen molar-refractivity contribution in [2.75, 3.05) is 6.54 Å². The lowest BCUT2D eigenvalue weighted by atomic mass is 9.77. The Morgan fingerprint density at radius 2 is 1.40 bits per heavy atom. The number of morpholine rings is 1. The van der Waals surface area contributed by atoms with E-state index in [0.717, 1.165) is 24.0 Å². The first-order valence-corrected chi connectivity index (χ1v) is 10.5. The molecular weight excluding hydrogens is 374 g/mol. The molecule has 152 valence electrons. The Kier molecular flexibility index (Phi) is 4.89. The quantitative estimate of drug-likeness (QED) is 0.720. The number of hydrogen-bond donors (Lipinski definition) is 1. The SMILES string of the molecule is O=C1[C@H]([C@H](O)c2ccccc2)OC(c2ccccc2)(c2ccccc2)[C@@H]2CCCN12. The molecule has 2 aliphatic heterocycles. The van der Waals surface area contributed by atoms with Gasteiger partial charge in [-0.05, 0) is 29.5 Å². The van der Waals surface area contributed by atoms with E-state index in [1.165, 1.54) is 0 Å². The van der Waals surface area contributed by atoms with Crippen molar-refractivity contribution in [3.05, 3.63) is 108 Å². The van der Waals surface area contributed by atoms with Crippen molar-refractivity contribution in [2.24, 2.45) is 0 Å². The smallest absolute Gasteiger partial charge is 0.255 e. The molecule has 0 aromatic heterocycles. The van der Waals surface area contributed by atoms with Gasteiger partial charge in [0.2, 0.25) is 0 Å². The largest absolute Gasteiger partial charge is 0.385 e. The van der Waals surface area contributed by atoms with Crippen LogP contribution in [-0.4, -0.2) is 34.6 Å². The van der Waals surface area contributed by atoms with Crippen LogP contribution in [0.4, 0.5) is 0 Å². The molecular formula is C26H25NO3. The third kappa shape index (κ3) is 2.95. The fraction of sp³-hybridized carbons (Fsp3) is 0.269. The summed E-state index contributed by atoms with van der Waals surface area (Å²) in [6.45, 7) is 0.687. The lowest BCUT2D eigenvalue weighted by Crippen LogP contribution is -2.62. The molecule has 0 radical (unpaired) electrons. The van der Waals surface area contributed by atoms with Gasteiger partial charge < -0.3 is 14.7 Å². The highest BCUT2D eigenvalue weighted by Gasteiger charge is 2.57. The van der Waals surface area contributed by atoms with Crippen molar-refractivity contribution in [1.29, 1.82) is 0 Å². The normalized spacial score (nSPS) is 23.8. The molecule has 1 amide bonds. The fourth-order valence-corrected chi connectivity index (χ4v) is 5.03. The molecule has 2 heterocycles. The molecule has 1 N–H and O–H groups in total. The summed E-state index contributed by atoms with van der Waals surface area (Å²) in [6, 6.07) is 29.4. The summed E-state index contributed by atoms with van der Waals surface area (Å²) in [5, 5.41) is 11.2. The second-order valence-electron chi connectivity index (χ2n) is 8.05. The molecule has 3 aromatic rings. The predicted molar refractivity (Wildman–Crippen MR) is 115 cm³/mol. The first-order valence-electron chi connectivity index (χ1n) is 10.5. The second-order valence-corrected chi connectivity index (χ2v) is 8.05. The van der Waals surface area contributed by atoms with E-state index >= 15 is 0 Å². The Labute approximate surface area is 176 Å². The van der Waals surface area contributed by atoms with Gasteiger partial charge in [0.25, 0.3) is 5.91 Å². The maximum absolute atomic E-state index is 13.4. The Morgan fingerprint density at radius 3 is 1.97 bits per heavy atom. The van der Waals surface area contributed by atoms with Crippen LogP contribution in [0.3, 0.4) is 0 Å². The molecule has 0 bridgehead atoms. The maximum atomic E-state index is 13.4. The first-order chi connectivity index (χ1) is 14.7. The van der Waals surface area contributed by atoms with Gasteiger partial charge in [-0.1, -0.05) is 91.0 Å². The van der Waals surface area contributed by atoms with Crippen LogP contribution >= 0.6 is 0 Å². The summed E-state index contributed by atoms with van der Waals surface area (Å²) < 4.78 is 6.75. The van der Waals surface area contributed by atoms with Crippen LogP contribution in [0.1, 0.15) is 35.6 Å². The lowest BCUT2D eigenvalue weighted by Gasteiger charge is -2.51. The van der Waals surface area contributed by atoms with Crippen molar-refractivity contribution < 1.29 is 14.6 Å². The molecule has 2 aliphatic rings. The van der Waals surface area contributed by atoms with Gasteiger partial charge in [-0.15, -0.1) is 0 Å². The van der Waals surface area contributed by atoms with E-state index in [2.05, 4.69) is 24.3 Å². The monoisotopic (exact) mass is 399 g/mol. The minimum atomic E-state index is -1.04. The van der Waals surface area contributed by atoms with Crippen molar-refractivity contribution in [3.63, 3.8) is 0 Å². The van der Waals surface area contributed by atoms with Crippen LogP contribution in [0, 0.1) is 0 Å². The molecule has 4 nitrogen and oxygen atoms in total. The average Bonchev–Trinajstić information content (AvgIpc) is 3.32. The van der Waals surface area contributed by atoms with Gasteiger partial charge in [-0.25, -0.2) is 0 Å². The van der Waals surface area contributed by atoms with Crippen LogP contribution in [0.2, 0.25) is 0 Å². The summed E-state index contributed by atoms with van der Waals surface area (Å²) in [6.07, 6.45) is -0.215. The van der Waals surface area contributed by atoms with E-state index in [0.29, 0.717) is 12.1 Å². The second kappa shape index (κ2) is 7.71. The van der Waals surface area contributed by atoms with Gasteiger partial charge in [0.1, 0.15) is 11.7 Å². The number of benzene rings is 3. The van der Waals surface area contributed by atoms with Gasteiger partial charge in [-0.3, -0.25) is 4.79 Å². The Bertz CT molecular complexity index is 967. The zero-order valence-corrected chi connectivity index (χ0v) is 16.7. The molecule has 2 fully saturated rings. The van der Waals surface area contributed by atoms with Crippen molar-refractivity contribution in [3.8, 4) is 0 Å². The summed E-state index contributed by atoms with van der Waals surface area (Å²) in [7, 11) is 0. The van der Waals surface area contributed by atoms with Crippen molar-refractivity contribution in [1.82, 2.24) is 4.90 Å². The average molecular weight is 399 g/mol. The third-order valence-electron chi connectivity index (χ3n) is 6.39. The minimum Gasteiger partial charge on any atom is -0.385 e. The van der Waals surface area contributed by atoms with Crippen LogP contribution in [0.25, 0.3) is 0 Å². The molecule has 30 heavy (non-hydrogen) atoms. The van der Waals surface area contributed by atoms with Crippen LogP contribution in [0.5, 0.6) is 0 Å².